The van der Waals surface area contributed by atoms with E-state index >= 15 is 0 Å². The fourth-order valence-corrected chi connectivity index (χ4v) is 3.09. The lowest BCUT2D eigenvalue weighted by molar-refractivity contribution is -0.138. The van der Waals surface area contributed by atoms with Gasteiger partial charge >= 0.3 is 6.18 Å². The minimum Gasteiger partial charge on any atom is -0.506 e. The second kappa shape index (κ2) is 7.13. The molecule has 2 rings (SSSR count). The Bertz CT molecular complexity index is 892. The van der Waals surface area contributed by atoms with Crippen LogP contribution in [0.2, 0.25) is 0 Å². The molecule has 0 amide bonds. The number of halogens is 3. The predicted molar refractivity (Wildman–Crippen MR) is 93.9 cm³/mol. The van der Waals surface area contributed by atoms with Crippen molar-refractivity contribution in [1.82, 2.24) is 0 Å². The van der Waals surface area contributed by atoms with E-state index in [9.17, 15) is 32.7 Å². The van der Waals surface area contributed by atoms with Crippen LogP contribution in [0.15, 0.2) is 23.3 Å². The Morgan fingerprint density at radius 2 is 1.52 bits per heavy atom. The molecule has 0 saturated heterocycles. The van der Waals surface area contributed by atoms with Crippen LogP contribution >= 0.6 is 0 Å². The number of hydrogen-bond donors (Lipinski definition) is 1. The largest absolute Gasteiger partial charge is 0.506 e. The molecule has 1 aliphatic carbocycles. The third-order valence-corrected chi connectivity index (χ3v) is 4.66. The van der Waals surface area contributed by atoms with Gasteiger partial charge in [0.15, 0.2) is 11.6 Å². The van der Waals surface area contributed by atoms with Gasteiger partial charge in [0, 0.05) is 5.56 Å². The molecule has 1 aromatic carbocycles. The summed E-state index contributed by atoms with van der Waals surface area (Å²) in [5.74, 6) is -2.89. The number of aliphatic hydroxyl groups excluding tert-OH is 1. The second-order valence-electron chi connectivity index (χ2n) is 6.75. The number of aliphatic hydroxyl groups is 1. The highest BCUT2D eigenvalue weighted by molar-refractivity contribution is 6.35. The van der Waals surface area contributed by atoms with Crippen LogP contribution < -0.4 is 0 Å². The number of ketones is 3. The van der Waals surface area contributed by atoms with Gasteiger partial charge in [0.05, 0.1) is 18.4 Å². The Morgan fingerprint density at radius 3 is 1.96 bits per heavy atom. The zero-order valence-corrected chi connectivity index (χ0v) is 15.4. The molecule has 1 fully saturated rings. The molecule has 0 spiro atoms. The smallest absolute Gasteiger partial charge is 0.417 e. The van der Waals surface area contributed by atoms with Gasteiger partial charge in [0.1, 0.15) is 17.1 Å². The summed E-state index contributed by atoms with van der Waals surface area (Å²) in [6.07, 6.45) is -5.63. The average molecular weight is 380 g/mol. The molecular weight excluding hydrogens is 361 g/mol. The van der Waals surface area contributed by atoms with Crippen molar-refractivity contribution in [3.8, 4) is 0 Å². The quantitative estimate of drug-likeness (QED) is 0.352. The molecule has 0 heterocycles. The van der Waals surface area contributed by atoms with Gasteiger partial charge in [-0.05, 0) is 50.5 Å². The number of carbonyl (C=O) groups excluding carboxylic acids is 3. The van der Waals surface area contributed by atoms with E-state index in [1.165, 1.54) is 13.8 Å². The molecule has 1 aromatic rings. The van der Waals surface area contributed by atoms with E-state index in [4.69, 9.17) is 0 Å². The monoisotopic (exact) mass is 380 g/mol. The molecule has 27 heavy (non-hydrogen) atoms. The van der Waals surface area contributed by atoms with Crippen LogP contribution in [0.4, 0.5) is 13.2 Å². The molecule has 4 nitrogen and oxygen atoms in total. The number of Topliss-reactive ketones (excluding diaryl/α,β-unsaturated/α-hetero) is 3. The third-order valence-electron chi connectivity index (χ3n) is 4.66. The van der Waals surface area contributed by atoms with Crippen LogP contribution in [0, 0.1) is 6.92 Å². The van der Waals surface area contributed by atoms with Crippen molar-refractivity contribution in [3.05, 3.63) is 45.5 Å². The topological polar surface area (TPSA) is 71.4 Å². The number of rotatable bonds is 2. The summed E-state index contributed by atoms with van der Waals surface area (Å²) in [6, 6.07) is 1.86. The summed E-state index contributed by atoms with van der Waals surface area (Å²) in [6.45, 7) is 6.27. The van der Waals surface area contributed by atoms with Crippen LogP contribution in [-0.4, -0.2) is 22.5 Å². The fraction of sp³-hybridized carbons (Fsp3) is 0.350. The highest BCUT2D eigenvalue weighted by Crippen LogP contribution is 2.40. The lowest BCUT2D eigenvalue weighted by atomic mass is 9.85. The minimum atomic E-state index is -4.61. The van der Waals surface area contributed by atoms with Crippen LogP contribution in [-0.2, 0) is 20.6 Å². The molecule has 144 valence electrons. The van der Waals surface area contributed by atoms with E-state index in [0.29, 0.717) is 11.1 Å². The first-order valence-corrected chi connectivity index (χ1v) is 8.23. The summed E-state index contributed by atoms with van der Waals surface area (Å²) >= 11 is 0. The van der Waals surface area contributed by atoms with Crippen molar-refractivity contribution in [3.63, 3.8) is 0 Å². The van der Waals surface area contributed by atoms with Crippen LogP contribution in [0.25, 0.3) is 11.3 Å². The first-order chi connectivity index (χ1) is 12.4. The van der Waals surface area contributed by atoms with Gasteiger partial charge < -0.3 is 5.11 Å². The molecule has 0 unspecified atom stereocenters. The molecule has 0 atom stereocenters. The zero-order chi connectivity index (χ0) is 20.7. The maximum Gasteiger partial charge on any atom is 0.417 e. The van der Waals surface area contributed by atoms with Crippen molar-refractivity contribution >= 4 is 28.7 Å². The van der Waals surface area contributed by atoms with E-state index in [2.05, 4.69) is 0 Å². The Hall–Kier alpha value is -2.70. The minimum absolute atomic E-state index is 0.0374. The summed E-state index contributed by atoms with van der Waals surface area (Å²) in [5.41, 5.74) is -0.385. The van der Waals surface area contributed by atoms with E-state index in [-0.39, 0.29) is 16.7 Å². The standard InChI is InChI=1S/C20H19F3O4/c1-9(2)10(3)17-11(4)13(5-6-14(17)20(21,22)23)19(27)18-15(25)7-12(24)8-16(18)26/h5-6,27H,7-8H2,1-4H3. The molecule has 7 heteroatoms. The second-order valence-corrected chi connectivity index (χ2v) is 6.75. The normalized spacial score (nSPS) is 15.2. The van der Waals surface area contributed by atoms with Crippen LogP contribution in [0.5, 0.6) is 0 Å². The summed E-state index contributed by atoms with van der Waals surface area (Å²) in [7, 11) is 0. The van der Waals surface area contributed by atoms with Gasteiger partial charge in [0.2, 0.25) is 0 Å². The molecular formula is C20H19F3O4. The number of alkyl halides is 3. The molecule has 0 radical (unpaired) electrons. The van der Waals surface area contributed by atoms with E-state index in [0.717, 1.165) is 12.1 Å². The molecule has 1 aliphatic rings. The third kappa shape index (κ3) is 3.86. The fourth-order valence-electron chi connectivity index (χ4n) is 3.09. The molecule has 1 saturated carbocycles. The van der Waals surface area contributed by atoms with E-state index < -0.39 is 53.3 Å². The zero-order valence-electron chi connectivity index (χ0n) is 15.4. The van der Waals surface area contributed by atoms with Crippen molar-refractivity contribution in [2.45, 2.75) is 46.7 Å². The SMILES string of the molecule is CC(C)=C(C)c1c(C(F)(F)F)ccc(C(O)=C2C(=O)CC(=O)CC2=O)c1C. The van der Waals surface area contributed by atoms with Gasteiger partial charge in [-0.3, -0.25) is 14.4 Å². The Balaban J connectivity index is 2.80. The number of carbonyl (C=O) groups is 3. The van der Waals surface area contributed by atoms with Crippen molar-refractivity contribution < 1.29 is 32.7 Å². The van der Waals surface area contributed by atoms with Crippen molar-refractivity contribution in [2.24, 2.45) is 0 Å². The first-order valence-electron chi connectivity index (χ1n) is 8.23. The predicted octanol–water partition coefficient (Wildman–Crippen LogP) is 4.60. The Kier molecular flexibility index (Phi) is 5.45. The van der Waals surface area contributed by atoms with E-state index in [1.54, 1.807) is 13.8 Å². The summed E-state index contributed by atoms with van der Waals surface area (Å²) in [4.78, 5) is 35.4. The Morgan fingerprint density at radius 1 is 1.00 bits per heavy atom. The van der Waals surface area contributed by atoms with Crippen molar-refractivity contribution in [2.75, 3.05) is 0 Å². The van der Waals surface area contributed by atoms with Gasteiger partial charge in [-0.25, -0.2) is 0 Å². The maximum absolute atomic E-state index is 13.5. The van der Waals surface area contributed by atoms with E-state index in [1.807, 2.05) is 0 Å². The molecule has 0 aromatic heterocycles. The highest BCUT2D eigenvalue weighted by atomic mass is 19.4. The molecule has 1 N–H and O–H groups in total. The highest BCUT2D eigenvalue weighted by Gasteiger charge is 2.37. The lowest BCUT2D eigenvalue weighted by Gasteiger charge is -2.21. The maximum atomic E-state index is 13.5. The van der Waals surface area contributed by atoms with Crippen molar-refractivity contribution in [1.29, 1.82) is 0 Å². The van der Waals surface area contributed by atoms with Crippen LogP contribution in [0.3, 0.4) is 0 Å². The van der Waals surface area contributed by atoms with Gasteiger partial charge in [-0.1, -0.05) is 11.6 Å². The van der Waals surface area contributed by atoms with Gasteiger partial charge in [-0.2, -0.15) is 13.2 Å². The van der Waals surface area contributed by atoms with Gasteiger partial charge in [0.25, 0.3) is 0 Å². The average Bonchev–Trinajstić information content (AvgIpc) is 2.51. The summed E-state index contributed by atoms with van der Waals surface area (Å²) < 4.78 is 40.4. The van der Waals surface area contributed by atoms with Crippen LogP contribution in [0.1, 0.15) is 55.9 Å². The first kappa shape index (κ1) is 20.6. The number of benzene rings is 1. The van der Waals surface area contributed by atoms with Gasteiger partial charge in [-0.15, -0.1) is 0 Å². The lowest BCUT2D eigenvalue weighted by Crippen LogP contribution is -2.27. The number of allylic oxidation sites excluding steroid dienone is 3. The Labute approximate surface area is 154 Å². The molecule has 0 bridgehead atoms. The summed E-state index contributed by atoms with van der Waals surface area (Å²) in [5, 5.41) is 10.5. The number of hydrogen-bond acceptors (Lipinski definition) is 4. The molecule has 0 aliphatic heterocycles.